The Bertz CT molecular complexity index is 971. The third-order valence-electron chi connectivity index (χ3n) is 3.67. The fourth-order valence-electron chi connectivity index (χ4n) is 2.47. The van der Waals surface area contributed by atoms with Crippen molar-refractivity contribution in [2.75, 3.05) is 0 Å². The molecule has 0 fully saturated rings. The van der Waals surface area contributed by atoms with E-state index in [1.807, 2.05) is 0 Å². The van der Waals surface area contributed by atoms with Crippen LogP contribution in [0.2, 0.25) is 0 Å². The summed E-state index contributed by atoms with van der Waals surface area (Å²) < 4.78 is 64.7. The first-order valence-electron chi connectivity index (χ1n) is 6.68. The fourth-order valence-corrected chi connectivity index (χ4v) is 3.94. The molecule has 7 heteroatoms. The first-order chi connectivity index (χ1) is 10.7. The predicted octanol–water partition coefficient (Wildman–Crippen LogP) is 4.03. The van der Waals surface area contributed by atoms with Gasteiger partial charge >= 0.3 is 6.18 Å². The lowest BCUT2D eigenvalue weighted by atomic mass is 10.2. The summed E-state index contributed by atoms with van der Waals surface area (Å²) >= 11 is 0. The van der Waals surface area contributed by atoms with E-state index in [9.17, 15) is 21.6 Å². The van der Waals surface area contributed by atoms with E-state index >= 15 is 0 Å². The smallest absolute Gasteiger partial charge is 0.334 e. The van der Waals surface area contributed by atoms with Crippen molar-refractivity contribution in [3.63, 3.8) is 0 Å². The Kier molecular flexibility index (Phi) is 3.48. The third-order valence-corrected chi connectivity index (χ3v) is 5.51. The lowest BCUT2D eigenvalue weighted by Gasteiger charge is -2.09. The van der Waals surface area contributed by atoms with E-state index < -0.39 is 21.6 Å². The van der Waals surface area contributed by atoms with E-state index in [4.69, 9.17) is 0 Å². The SMILES string of the molecule is Cn1c(S(=O)(=O)c2ccc(C(F)(F)F)cc2)cc2ccccc21. The number of sulfone groups is 1. The first kappa shape index (κ1) is 15.6. The maximum absolute atomic E-state index is 12.7. The van der Waals surface area contributed by atoms with Crippen LogP contribution in [0.15, 0.2) is 64.5 Å². The van der Waals surface area contributed by atoms with E-state index in [1.54, 1.807) is 31.3 Å². The fraction of sp³-hybridized carbons (Fsp3) is 0.125. The number of aryl methyl sites for hydroxylation is 1. The molecule has 120 valence electrons. The van der Waals surface area contributed by atoms with Crippen LogP contribution in [0.1, 0.15) is 5.56 Å². The largest absolute Gasteiger partial charge is 0.416 e. The van der Waals surface area contributed by atoms with Gasteiger partial charge in [0.1, 0.15) is 5.03 Å². The first-order valence-corrected chi connectivity index (χ1v) is 8.16. The van der Waals surface area contributed by atoms with Gasteiger partial charge in [0, 0.05) is 18.0 Å². The summed E-state index contributed by atoms with van der Waals surface area (Å²) in [6.07, 6.45) is -4.50. The molecule has 0 unspecified atom stereocenters. The second-order valence-corrected chi connectivity index (χ2v) is 7.02. The van der Waals surface area contributed by atoms with Gasteiger partial charge < -0.3 is 4.57 Å². The highest BCUT2D eigenvalue weighted by Gasteiger charge is 2.31. The Balaban J connectivity index is 2.12. The standard InChI is InChI=1S/C16H12F3NO2S/c1-20-14-5-3-2-4-11(14)10-15(20)23(21,22)13-8-6-12(7-9-13)16(17,18)19/h2-10H,1H3. The van der Waals surface area contributed by atoms with Gasteiger partial charge in [-0.05, 0) is 36.4 Å². The molecular formula is C16H12F3NO2S. The zero-order valence-corrected chi connectivity index (χ0v) is 12.8. The Morgan fingerprint density at radius 2 is 1.57 bits per heavy atom. The number of aromatic nitrogens is 1. The molecule has 3 rings (SSSR count). The number of hydrogen-bond acceptors (Lipinski definition) is 2. The highest BCUT2D eigenvalue weighted by Crippen LogP contribution is 2.32. The maximum atomic E-state index is 12.7. The molecule has 0 N–H and O–H groups in total. The second-order valence-electron chi connectivity index (χ2n) is 5.13. The minimum absolute atomic E-state index is 0.0402. The van der Waals surface area contributed by atoms with Crippen LogP contribution in [0.4, 0.5) is 13.2 Å². The van der Waals surface area contributed by atoms with Crippen molar-refractivity contribution in [1.29, 1.82) is 0 Å². The van der Waals surface area contributed by atoms with Crippen LogP contribution < -0.4 is 0 Å². The summed E-state index contributed by atoms with van der Waals surface area (Å²) in [5, 5.41) is 0.791. The molecule has 0 saturated carbocycles. The van der Waals surface area contributed by atoms with Gasteiger partial charge in [-0.3, -0.25) is 0 Å². The number of halogens is 3. The molecular weight excluding hydrogens is 327 g/mol. The normalized spacial score (nSPS) is 12.7. The molecule has 0 bridgehead atoms. The van der Waals surface area contributed by atoms with Crippen molar-refractivity contribution in [1.82, 2.24) is 4.57 Å². The van der Waals surface area contributed by atoms with Crippen molar-refractivity contribution in [3.8, 4) is 0 Å². The molecule has 1 heterocycles. The number of alkyl halides is 3. The lowest BCUT2D eigenvalue weighted by Crippen LogP contribution is -2.09. The predicted molar refractivity (Wildman–Crippen MR) is 79.8 cm³/mol. The van der Waals surface area contributed by atoms with Crippen LogP contribution in [0.25, 0.3) is 10.9 Å². The van der Waals surface area contributed by atoms with Gasteiger partial charge in [-0.25, -0.2) is 8.42 Å². The topological polar surface area (TPSA) is 39.1 Å². The van der Waals surface area contributed by atoms with Crippen LogP contribution in [0, 0.1) is 0 Å². The molecule has 3 aromatic rings. The molecule has 1 aromatic heterocycles. The zero-order valence-electron chi connectivity index (χ0n) is 12.0. The summed E-state index contributed by atoms with van der Waals surface area (Å²) in [5.74, 6) is 0. The van der Waals surface area contributed by atoms with Crippen molar-refractivity contribution < 1.29 is 21.6 Å². The van der Waals surface area contributed by atoms with Crippen LogP contribution in [0.3, 0.4) is 0 Å². The van der Waals surface area contributed by atoms with Gasteiger partial charge in [0.15, 0.2) is 0 Å². The van der Waals surface area contributed by atoms with E-state index in [0.717, 1.165) is 35.2 Å². The number of para-hydroxylation sites is 1. The Labute approximate surface area is 130 Å². The van der Waals surface area contributed by atoms with Crippen LogP contribution in [0.5, 0.6) is 0 Å². The Hall–Kier alpha value is -2.28. The summed E-state index contributed by atoms with van der Waals surface area (Å²) in [7, 11) is -2.29. The van der Waals surface area contributed by atoms with E-state index in [-0.39, 0.29) is 9.92 Å². The van der Waals surface area contributed by atoms with Crippen molar-refractivity contribution in [2.45, 2.75) is 16.1 Å². The van der Waals surface area contributed by atoms with Gasteiger partial charge in [-0.2, -0.15) is 13.2 Å². The summed E-state index contributed by atoms with van der Waals surface area (Å²) in [6.45, 7) is 0. The lowest BCUT2D eigenvalue weighted by molar-refractivity contribution is -0.137. The second kappa shape index (κ2) is 5.13. The van der Waals surface area contributed by atoms with Gasteiger partial charge in [-0.15, -0.1) is 0 Å². The molecule has 0 atom stereocenters. The van der Waals surface area contributed by atoms with E-state index in [2.05, 4.69) is 0 Å². The monoisotopic (exact) mass is 339 g/mol. The third kappa shape index (κ3) is 2.61. The number of fused-ring (bicyclic) bond motifs is 1. The van der Waals surface area contributed by atoms with Gasteiger partial charge in [0.2, 0.25) is 9.84 Å². The molecule has 0 spiro atoms. The molecule has 0 radical (unpaired) electrons. The minimum Gasteiger partial charge on any atom is -0.334 e. The summed E-state index contributed by atoms with van der Waals surface area (Å²) in [4.78, 5) is -0.170. The van der Waals surface area contributed by atoms with Gasteiger partial charge in [0.05, 0.1) is 10.5 Å². The van der Waals surface area contributed by atoms with Crippen LogP contribution >= 0.6 is 0 Å². The molecule has 3 nitrogen and oxygen atoms in total. The minimum atomic E-state index is -4.50. The van der Waals surface area contributed by atoms with Crippen molar-refractivity contribution in [2.24, 2.45) is 7.05 Å². The van der Waals surface area contributed by atoms with Crippen molar-refractivity contribution >= 4 is 20.7 Å². The molecule has 23 heavy (non-hydrogen) atoms. The number of benzene rings is 2. The van der Waals surface area contributed by atoms with Crippen molar-refractivity contribution in [3.05, 3.63) is 60.2 Å². The van der Waals surface area contributed by atoms with Crippen LogP contribution in [-0.2, 0) is 23.1 Å². The van der Waals surface area contributed by atoms with E-state index in [1.165, 1.54) is 10.6 Å². The summed E-state index contributed by atoms with van der Waals surface area (Å²) in [6, 6.07) is 12.2. The van der Waals surface area contributed by atoms with E-state index in [0.29, 0.717) is 0 Å². The van der Waals surface area contributed by atoms with Crippen LogP contribution in [-0.4, -0.2) is 13.0 Å². The maximum Gasteiger partial charge on any atom is 0.416 e. The molecule has 0 saturated heterocycles. The number of hydrogen-bond donors (Lipinski definition) is 0. The highest BCUT2D eigenvalue weighted by atomic mass is 32.2. The molecule has 0 amide bonds. The zero-order chi connectivity index (χ0) is 16.8. The number of nitrogens with zero attached hydrogens (tertiary/aromatic N) is 1. The average Bonchev–Trinajstić information content (AvgIpc) is 2.85. The molecule has 0 aliphatic heterocycles. The van der Waals surface area contributed by atoms with Gasteiger partial charge in [0.25, 0.3) is 0 Å². The average molecular weight is 339 g/mol. The Morgan fingerprint density at radius 3 is 2.13 bits per heavy atom. The quantitative estimate of drug-likeness (QED) is 0.707. The molecule has 0 aliphatic rings. The summed E-state index contributed by atoms with van der Waals surface area (Å²) in [5.41, 5.74) is -0.147. The molecule has 0 aliphatic carbocycles. The Morgan fingerprint density at radius 1 is 0.957 bits per heavy atom. The number of rotatable bonds is 2. The molecule has 2 aromatic carbocycles. The van der Waals surface area contributed by atoms with Gasteiger partial charge in [-0.1, -0.05) is 18.2 Å². The highest BCUT2D eigenvalue weighted by molar-refractivity contribution is 7.91.